The molecule has 2 N–H and O–H groups in total. The Kier molecular flexibility index (Phi) is 4.79. The van der Waals surface area contributed by atoms with Gasteiger partial charge in [0.1, 0.15) is 0 Å². The summed E-state index contributed by atoms with van der Waals surface area (Å²) in [4.78, 5) is 2.46. The Labute approximate surface area is 104 Å². The molecule has 0 aromatic rings. The van der Waals surface area contributed by atoms with Gasteiger partial charge in [-0.2, -0.15) is 0 Å². The van der Waals surface area contributed by atoms with Crippen LogP contribution in [-0.4, -0.2) is 62.6 Å². The fourth-order valence-corrected chi connectivity index (χ4v) is 3.35. The second-order valence-corrected chi connectivity index (χ2v) is 5.64. The fraction of sp³-hybridized carbons (Fsp3) is 1.00. The van der Waals surface area contributed by atoms with E-state index in [0.717, 1.165) is 39.3 Å². The first-order valence-corrected chi connectivity index (χ1v) is 6.87. The minimum absolute atomic E-state index is 0.255. The second kappa shape index (κ2) is 6.14. The molecule has 2 heterocycles. The molecule has 2 aliphatic rings. The Bertz CT molecular complexity index is 224. The Morgan fingerprint density at radius 3 is 3.00 bits per heavy atom. The molecule has 2 fully saturated rings. The zero-order chi connectivity index (χ0) is 12.1. The number of nitrogens with zero attached hydrogens (tertiary/aromatic N) is 1. The van der Waals surface area contributed by atoms with Crippen LogP contribution >= 0.6 is 0 Å². The third kappa shape index (κ3) is 3.19. The van der Waals surface area contributed by atoms with Crippen LogP contribution in [-0.2, 0) is 4.74 Å². The summed E-state index contributed by atoms with van der Waals surface area (Å²) >= 11 is 0. The first-order chi connectivity index (χ1) is 8.29. The summed E-state index contributed by atoms with van der Waals surface area (Å²) in [5.74, 6) is 0. The van der Waals surface area contributed by atoms with Crippen molar-refractivity contribution in [3.8, 4) is 0 Å². The maximum atomic E-state index is 9.39. The summed E-state index contributed by atoms with van der Waals surface area (Å²) in [6.07, 6.45) is 4.77. The molecule has 2 aliphatic heterocycles. The first-order valence-electron chi connectivity index (χ1n) is 6.87. The van der Waals surface area contributed by atoms with Crippen LogP contribution in [0.25, 0.3) is 0 Å². The molecule has 0 saturated carbocycles. The van der Waals surface area contributed by atoms with Gasteiger partial charge in [0.15, 0.2) is 0 Å². The van der Waals surface area contributed by atoms with Crippen molar-refractivity contribution < 1.29 is 9.84 Å². The van der Waals surface area contributed by atoms with E-state index in [4.69, 9.17) is 4.74 Å². The molecule has 0 aliphatic carbocycles. The summed E-state index contributed by atoms with van der Waals surface area (Å²) in [5, 5.41) is 12.7. The quantitative estimate of drug-likeness (QED) is 0.735. The van der Waals surface area contributed by atoms with E-state index in [9.17, 15) is 5.11 Å². The molecule has 17 heavy (non-hydrogen) atoms. The third-order valence-corrected chi connectivity index (χ3v) is 4.20. The van der Waals surface area contributed by atoms with Gasteiger partial charge in [-0.25, -0.2) is 0 Å². The second-order valence-electron chi connectivity index (χ2n) is 5.64. The average molecular weight is 242 g/mol. The van der Waals surface area contributed by atoms with Crippen molar-refractivity contribution in [2.75, 3.05) is 46.5 Å². The van der Waals surface area contributed by atoms with Crippen molar-refractivity contribution in [2.45, 2.75) is 31.7 Å². The first kappa shape index (κ1) is 13.3. The lowest BCUT2D eigenvalue weighted by atomic mass is 9.81. The van der Waals surface area contributed by atoms with Gasteiger partial charge in [0, 0.05) is 31.2 Å². The van der Waals surface area contributed by atoms with Gasteiger partial charge in [-0.05, 0) is 39.3 Å². The zero-order valence-electron chi connectivity index (χ0n) is 11.0. The lowest BCUT2D eigenvalue weighted by Crippen LogP contribution is -2.50. The van der Waals surface area contributed by atoms with E-state index in [1.165, 1.54) is 19.3 Å². The smallest absolute Gasteiger partial charge is 0.0586 e. The summed E-state index contributed by atoms with van der Waals surface area (Å²) in [6.45, 7) is 5.30. The Balaban J connectivity index is 1.96. The van der Waals surface area contributed by atoms with Crippen LogP contribution in [0.5, 0.6) is 0 Å². The number of likely N-dealkylation sites (tertiary alicyclic amines) is 1. The molecule has 2 saturated heterocycles. The van der Waals surface area contributed by atoms with Gasteiger partial charge in [-0.15, -0.1) is 0 Å². The minimum Gasteiger partial charge on any atom is -0.395 e. The van der Waals surface area contributed by atoms with E-state index >= 15 is 0 Å². The Morgan fingerprint density at radius 1 is 1.47 bits per heavy atom. The van der Waals surface area contributed by atoms with Gasteiger partial charge < -0.3 is 15.2 Å². The summed E-state index contributed by atoms with van der Waals surface area (Å²) in [5.41, 5.74) is 0.255. The molecule has 100 valence electrons. The molecule has 0 aromatic heterocycles. The van der Waals surface area contributed by atoms with Crippen LogP contribution < -0.4 is 5.32 Å². The van der Waals surface area contributed by atoms with E-state index in [0.29, 0.717) is 12.6 Å². The Morgan fingerprint density at radius 2 is 2.35 bits per heavy atom. The lowest BCUT2D eigenvalue weighted by molar-refractivity contribution is -0.0302. The highest BCUT2D eigenvalue weighted by molar-refractivity contribution is 4.90. The summed E-state index contributed by atoms with van der Waals surface area (Å²) in [6, 6.07) is 0.380. The predicted octanol–water partition coefficient (Wildman–Crippen LogP) is 0.459. The van der Waals surface area contributed by atoms with Crippen LogP contribution in [0.15, 0.2) is 0 Å². The number of hydrogen-bond donors (Lipinski definition) is 2. The van der Waals surface area contributed by atoms with Gasteiger partial charge in [0.25, 0.3) is 0 Å². The van der Waals surface area contributed by atoms with Crippen molar-refractivity contribution in [2.24, 2.45) is 5.41 Å². The van der Waals surface area contributed by atoms with Crippen molar-refractivity contribution in [3.05, 3.63) is 0 Å². The molecule has 0 spiro atoms. The number of aliphatic hydroxyl groups is 1. The fourth-order valence-electron chi connectivity index (χ4n) is 3.35. The molecule has 2 unspecified atom stereocenters. The van der Waals surface area contributed by atoms with Gasteiger partial charge in [0.05, 0.1) is 13.2 Å². The number of rotatable bonds is 5. The standard InChI is InChI=1S/C13H26N2O2/c1-14-9-13(5-3-7-17-11-13)10-15-6-2-4-12(15)8-16/h12,14,16H,2-11H2,1H3. The van der Waals surface area contributed by atoms with Gasteiger partial charge >= 0.3 is 0 Å². The summed E-state index contributed by atoms with van der Waals surface area (Å²) < 4.78 is 5.69. The zero-order valence-corrected chi connectivity index (χ0v) is 11.0. The van der Waals surface area contributed by atoms with E-state index in [1.807, 2.05) is 7.05 Å². The van der Waals surface area contributed by atoms with Crippen molar-refractivity contribution in [3.63, 3.8) is 0 Å². The molecular weight excluding hydrogens is 216 g/mol. The van der Waals surface area contributed by atoms with E-state index in [1.54, 1.807) is 0 Å². The maximum Gasteiger partial charge on any atom is 0.0586 e. The van der Waals surface area contributed by atoms with Gasteiger partial charge in [-0.1, -0.05) is 0 Å². The van der Waals surface area contributed by atoms with Crippen molar-refractivity contribution in [1.82, 2.24) is 10.2 Å². The molecular formula is C13H26N2O2. The molecule has 0 aromatic carbocycles. The van der Waals surface area contributed by atoms with E-state index < -0.39 is 0 Å². The third-order valence-electron chi connectivity index (χ3n) is 4.20. The van der Waals surface area contributed by atoms with Crippen LogP contribution in [0.1, 0.15) is 25.7 Å². The molecule has 2 atom stereocenters. The number of hydrogen-bond acceptors (Lipinski definition) is 4. The highest BCUT2D eigenvalue weighted by Crippen LogP contribution is 2.31. The van der Waals surface area contributed by atoms with E-state index in [-0.39, 0.29) is 5.41 Å². The molecule has 4 nitrogen and oxygen atoms in total. The maximum absolute atomic E-state index is 9.39. The lowest BCUT2D eigenvalue weighted by Gasteiger charge is -2.41. The number of nitrogens with one attached hydrogen (secondary N) is 1. The van der Waals surface area contributed by atoms with Crippen molar-refractivity contribution in [1.29, 1.82) is 0 Å². The minimum atomic E-state index is 0.255. The summed E-state index contributed by atoms with van der Waals surface area (Å²) in [7, 11) is 2.02. The monoisotopic (exact) mass is 242 g/mol. The molecule has 0 radical (unpaired) electrons. The average Bonchev–Trinajstić information content (AvgIpc) is 2.77. The van der Waals surface area contributed by atoms with Crippen molar-refractivity contribution >= 4 is 0 Å². The highest BCUT2D eigenvalue weighted by Gasteiger charge is 2.37. The van der Waals surface area contributed by atoms with Crippen LogP contribution in [0.4, 0.5) is 0 Å². The highest BCUT2D eigenvalue weighted by atomic mass is 16.5. The van der Waals surface area contributed by atoms with Crippen LogP contribution in [0, 0.1) is 5.41 Å². The molecule has 0 bridgehead atoms. The molecule has 4 heteroatoms. The van der Waals surface area contributed by atoms with Gasteiger partial charge in [0.2, 0.25) is 0 Å². The van der Waals surface area contributed by atoms with Crippen LogP contribution in [0.2, 0.25) is 0 Å². The topological polar surface area (TPSA) is 44.7 Å². The molecule has 0 amide bonds. The van der Waals surface area contributed by atoms with E-state index in [2.05, 4.69) is 10.2 Å². The van der Waals surface area contributed by atoms with Gasteiger partial charge in [-0.3, -0.25) is 4.90 Å². The van der Waals surface area contributed by atoms with Crippen LogP contribution in [0.3, 0.4) is 0 Å². The number of aliphatic hydroxyl groups excluding tert-OH is 1. The number of ether oxygens (including phenoxy) is 1. The Hall–Kier alpha value is -0.160. The molecule has 2 rings (SSSR count). The normalized spacial score (nSPS) is 35.3. The SMILES string of the molecule is CNCC1(CN2CCCC2CO)CCCOC1. The largest absolute Gasteiger partial charge is 0.395 e. The predicted molar refractivity (Wildman–Crippen MR) is 68.1 cm³/mol.